The summed E-state index contributed by atoms with van der Waals surface area (Å²) in [5.41, 5.74) is 4.27. The first-order valence-corrected chi connectivity index (χ1v) is 11.2. The Morgan fingerprint density at radius 3 is 2.66 bits per heavy atom. The number of anilines is 2. The van der Waals surface area contributed by atoms with Gasteiger partial charge in [-0.2, -0.15) is 0 Å². The van der Waals surface area contributed by atoms with Gasteiger partial charge in [-0.1, -0.05) is 31.2 Å². The highest BCUT2D eigenvalue weighted by atomic mass is 16.2. The second kappa shape index (κ2) is 10.1. The predicted octanol–water partition coefficient (Wildman–Crippen LogP) is 4.60. The van der Waals surface area contributed by atoms with Crippen molar-refractivity contribution in [3.05, 3.63) is 66.1 Å². The third-order valence-corrected chi connectivity index (χ3v) is 5.46. The Hall–Kier alpha value is -3.61. The lowest BCUT2D eigenvalue weighted by molar-refractivity contribution is -0.115. The van der Waals surface area contributed by atoms with Crippen LogP contribution in [0.3, 0.4) is 0 Å². The molecule has 3 aromatic rings. The summed E-state index contributed by atoms with van der Waals surface area (Å²) in [7, 11) is 0. The summed E-state index contributed by atoms with van der Waals surface area (Å²) in [5, 5.41) is 8.52. The Morgan fingerprint density at radius 1 is 1.03 bits per heavy atom. The second-order valence-corrected chi connectivity index (χ2v) is 8.08. The zero-order valence-corrected chi connectivity index (χ0v) is 18.4. The summed E-state index contributed by atoms with van der Waals surface area (Å²) in [4.78, 5) is 29.1. The largest absolute Gasteiger partial charge is 0.338 e. The van der Waals surface area contributed by atoms with Crippen LogP contribution in [0.1, 0.15) is 37.6 Å². The molecule has 0 unspecified atom stereocenters. The third kappa shape index (κ3) is 5.55. The number of hydrogen-bond donors (Lipinski definition) is 3. The second-order valence-electron chi connectivity index (χ2n) is 8.08. The van der Waals surface area contributed by atoms with Crippen molar-refractivity contribution in [2.24, 2.45) is 0 Å². The smallest absolute Gasteiger partial charge is 0.319 e. The van der Waals surface area contributed by atoms with Crippen LogP contribution in [0, 0.1) is 0 Å². The number of carbonyl (C=O) groups excluding carboxylic acids is 2. The molecular weight excluding hydrogens is 402 g/mol. The van der Waals surface area contributed by atoms with Crippen molar-refractivity contribution in [2.45, 2.75) is 45.6 Å². The van der Waals surface area contributed by atoms with Crippen molar-refractivity contribution in [1.82, 2.24) is 14.9 Å². The standard InChI is InChI=1S/C25H29N5O2/c1-2-13-26-25(32)28-20-11-9-18(10-12-20)15-24(31)27-21-7-5-6-19(16-21)22-17-30-14-4-3-8-23(30)29-22/h5-7,9-12,16-17H,2-4,8,13-15H2,1H3,(H,27,31)(H2,26,28,32). The van der Waals surface area contributed by atoms with E-state index >= 15 is 0 Å². The van der Waals surface area contributed by atoms with Gasteiger partial charge in [0.25, 0.3) is 0 Å². The molecule has 1 aliphatic rings. The summed E-state index contributed by atoms with van der Waals surface area (Å²) in [5.74, 6) is 1.05. The maximum absolute atomic E-state index is 12.6. The van der Waals surface area contributed by atoms with Crippen molar-refractivity contribution in [3.8, 4) is 11.3 Å². The minimum absolute atomic E-state index is 0.0901. The van der Waals surface area contributed by atoms with Gasteiger partial charge < -0.3 is 20.5 Å². The fraction of sp³-hybridized carbons (Fsp3) is 0.320. The lowest BCUT2D eigenvalue weighted by atomic mass is 10.1. The molecule has 0 saturated heterocycles. The number of aromatic nitrogens is 2. The Morgan fingerprint density at radius 2 is 1.88 bits per heavy atom. The highest BCUT2D eigenvalue weighted by Crippen LogP contribution is 2.25. The molecule has 2 aromatic carbocycles. The minimum atomic E-state index is -0.226. The van der Waals surface area contributed by atoms with Gasteiger partial charge in [0.05, 0.1) is 12.1 Å². The van der Waals surface area contributed by atoms with E-state index in [4.69, 9.17) is 4.98 Å². The van der Waals surface area contributed by atoms with Crippen molar-refractivity contribution >= 4 is 23.3 Å². The van der Waals surface area contributed by atoms with Gasteiger partial charge in [0.1, 0.15) is 5.82 Å². The summed E-state index contributed by atoms with van der Waals surface area (Å²) in [6.45, 7) is 3.66. The van der Waals surface area contributed by atoms with Crippen LogP contribution in [-0.4, -0.2) is 28.0 Å². The molecule has 0 aliphatic carbocycles. The fourth-order valence-corrected chi connectivity index (χ4v) is 3.82. The molecule has 32 heavy (non-hydrogen) atoms. The molecule has 0 spiro atoms. The molecule has 0 saturated carbocycles. The molecule has 166 valence electrons. The molecule has 0 fully saturated rings. The number of imidazole rings is 1. The van der Waals surface area contributed by atoms with Crippen LogP contribution in [0.2, 0.25) is 0 Å². The van der Waals surface area contributed by atoms with E-state index in [-0.39, 0.29) is 18.4 Å². The number of nitrogens with one attached hydrogen (secondary N) is 3. The highest BCUT2D eigenvalue weighted by molar-refractivity contribution is 5.93. The van der Waals surface area contributed by atoms with E-state index in [2.05, 4.69) is 26.7 Å². The first-order valence-electron chi connectivity index (χ1n) is 11.2. The van der Waals surface area contributed by atoms with Gasteiger partial charge in [0.15, 0.2) is 0 Å². The third-order valence-electron chi connectivity index (χ3n) is 5.46. The molecule has 2 heterocycles. The molecular formula is C25H29N5O2. The van der Waals surface area contributed by atoms with E-state index in [1.807, 2.05) is 43.3 Å². The van der Waals surface area contributed by atoms with E-state index in [1.54, 1.807) is 12.1 Å². The van der Waals surface area contributed by atoms with Gasteiger partial charge in [-0.15, -0.1) is 0 Å². The van der Waals surface area contributed by atoms with Gasteiger partial charge in [0, 0.05) is 42.6 Å². The van der Waals surface area contributed by atoms with Crippen molar-refractivity contribution < 1.29 is 9.59 Å². The molecule has 1 aliphatic heterocycles. The molecule has 0 radical (unpaired) electrons. The van der Waals surface area contributed by atoms with E-state index in [1.165, 1.54) is 12.8 Å². The number of fused-ring (bicyclic) bond motifs is 1. The van der Waals surface area contributed by atoms with Gasteiger partial charge >= 0.3 is 6.03 Å². The zero-order chi connectivity index (χ0) is 22.3. The van der Waals surface area contributed by atoms with Crippen LogP contribution in [0.15, 0.2) is 54.7 Å². The minimum Gasteiger partial charge on any atom is -0.338 e. The van der Waals surface area contributed by atoms with Crippen molar-refractivity contribution in [3.63, 3.8) is 0 Å². The molecule has 0 bridgehead atoms. The number of nitrogens with zero attached hydrogens (tertiary/aromatic N) is 2. The SMILES string of the molecule is CCCNC(=O)Nc1ccc(CC(=O)Nc2cccc(-c3cn4c(n3)CCCC4)c2)cc1. The Balaban J connectivity index is 1.35. The molecule has 7 heteroatoms. The average molecular weight is 432 g/mol. The number of rotatable bonds is 7. The van der Waals surface area contributed by atoms with Crippen LogP contribution >= 0.6 is 0 Å². The van der Waals surface area contributed by atoms with Crippen LogP contribution in [0.4, 0.5) is 16.2 Å². The lowest BCUT2D eigenvalue weighted by Gasteiger charge is -2.11. The molecule has 0 atom stereocenters. The Kier molecular flexibility index (Phi) is 6.84. The molecule has 1 aromatic heterocycles. The van der Waals surface area contributed by atoms with Crippen LogP contribution in [0.5, 0.6) is 0 Å². The number of hydrogen-bond acceptors (Lipinski definition) is 3. The van der Waals surface area contributed by atoms with Crippen LogP contribution in [0.25, 0.3) is 11.3 Å². The van der Waals surface area contributed by atoms with Crippen molar-refractivity contribution in [1.29, 1.82) is 0 Å². The summed E-state index contributed by atoms with van der Waals surface area (Å²) in [6, 6.07) is 14.9. The topological polar surface area (TPSA) is 88.0 Å². The van der Waals surface area contributed by atoms with E-state index in [0.29, 0.717) is 12.2 Å². The number of aryl methyl sites for hydroxylation is 2. The van der Waals surface area contributed by atoms with Crippen molar-refractivity contribution in [2.75, 3.05) is 17.2 Å². The summed E-state index contributed by atoms with van der Waals surface area (Å²) >= 11 is 0. The van der Waals surface area contributed by atoms with Gasteiger partial charge in [-0.3, -0.25) is 4.79 Å². The van der Waals surface area contributed by atoms with Gasteiger partial charge in [-0.05, 0) is 49.1 Å². The molecule has 3 N–H and O–H groups in total. The average Bonchev–Trinajstić information content (AvgIpc) is 3.24. The van der Waals surface area contributed by atoms with Crippen LogP contribution < -0.4 is 16.0 Å². The number of carbonyl (C=O) groups is 2. The number of benzene rings is 2. The Bertz CT molecular complexity index is 1060. The highest BCUT2D eigenvalue weighted by Gasteiger charge is 2.14. The van der Waals surface area contributed by atoms with E-state index < -0.39 is 0 Å². The lowest BCUT2D eigenvalue weighted by Crippen LogP contribution is -2.29. The van der Waals surface area contributed by atoms with Gasteiger partial charge in [0.2, 0.25) is 5.91 Å². The van der Waals surface area contributed by atoms with E-state index in [0.717, 1.165) is 47.7 Å². The maximum Gasteiger partial charge on any atom is 0.319 e. The van der Waals surface area contributed by atoms with Gasteiger partial charge in [-0.25, -0.2) is 9.78 Å². The predicted molar refractivity (Wildman–Crippen MR) is 127 cm³/mol. The maximum atomic E-state index is 12.6. The van der Waals surface area contributed by atoms with E-state index in [9.17, 15) is 9.59 Å². The summed E-state index contributed by atoms with van der Waals surface area (Å²) in [6.07, 6.45) is 6.65. The first kappa shape index (κ1) is 21.6. The normalized spacial score (nSPS) is 12.7. The monoisotopic (exact) mass is 431 g/mol. The zero-order valence-electron chi connectivity index (χ0n) is 18.4. The first-order chi connectivity index (χ1) is 15.6. The Labute approximate surface area is 188 Å². The quantitative estimate of drug-likeness (QED) is 0.511. The molecule has 7 nitrogen and oxygen atoms in total. The number of urea groups is 1. The van der Waals surface area contributed by atoms with Crippen LogP contribution in [-0.2, 0) is 24.2 Å². The summed E-state index contributed by atoms with van der Waals surface area (Å²) < 4.78 is 2.23. The molecule has 4 rings (SSSR count). The molecule has 3 amide bonds. The fourth-order valence-electron chi connectivity index (χ4n) is 3.82. The number of amides is 3.